The number of fused-ring (bicyclic) bond motifs is 1. The molecule has 0 aliphatic rings. The average molecular weight is 456 g/mol. The Hall–Kier alpha value is -3.33. The summed E-state index contributed by atoms with van der Waals surface area (Å²) in [5.74, 6) is 1.19. The maximum atomic E-state index is 13.5. The number of anilines is 1. The summed E-state index contributed by atoms with van der Waals surface area (Å²) in [5, 5.41) is 2.69. The summed E-state index contributed by atoms with van der Waals surface area (Å²) >= 11 is 3.35. The second-order valence-corrected chi connectivity index (χ2v) is 6.90. The largest absolute Gasteiger partial charge is 0.497 e. The first kappa shape index (κ1) is 19.0. The minimum atomic E-state index is -0.765. The summed E-state index contributed by atoms with van der Waals surface area (Å²) in [6, 6.07) is 12.3. The van der Waals surface area contributed by atoms with Crippen molar-refractivity contribution in [2.75, 3.05) is 12.4 Å². The highest BCUT2D eigenvalue weighted by molar-refractivity contribution is 9.10. The normalized spacial score (nSPS) is 10.9. The Bertz CT molecular complexity index is 1190. The lowest BCUT2D eigenvalue weighted by Gasteiger charge is -2.09. The van der Waals surface area contributed by atoms with Gasteiger partial charge in [-0.2, -0.15) is 0 Å². The van der Waals surface area contributed by atoms with Crippen LogP contribution >= 0.6 is 15.9 Å². The molecule has 0 aliphatic heterocycles. The molecule has 0 radical (unpaired) electrons. The molecule has 0 fully saturated rings. The maximum absolute atomic E-state index is 13.5. The summed E-state index contributed by atoms with van der Waals surface area (Å²) in [6.07, 6.45) is 2.88. The van der Waals surface area contributed by atoms with Gasteiger partial charge in [0, 0.05) is 10.5 Å². The van der Waals surface area contributed by atoms with Crippen molar-refractivity contribution in [2.45, 2.75) is 6.67 Å². The van der Waals surface area contributed by atoms with Gasteiger partial charge >= 0.3 is 0 Å². The Morgan fingerprint density at radius 3 is 2.72 bits per heavy atom. The average Bonchev–Trinajstić information content (AvgIpc) is 3.12. The van der Waals surface area contributed by atoms with E-state index in [1.54, 1.807) is 48.1 Å². The van der Waals surface area contributed by atoms with Crippen LogP contribution in [0.5, 0.6) is 5.75 Å². The lowest BCUT2D eigenvalue weighted by molar-refractivity contribution is 0.102. The number of benzene rings is 2. The quantitative estimate of drug-likeness (QED) is 0.484. The van der Waals surface area contributed by atoms with E-state index in [4.69, 9.17) is 4.74 Å². The summed E-state index contributed by atoms with van der Waals surface area (Å²) < 4.78 is 21.0. The Labute approximate surface area is 173 Å². The Kier molecular flexibility index (Phi) is 5.22. The van der Waals surface area contributed by atoms with Crippen LogP contribution in [0.2, 0.25) is 0 Å². The van der Waals surface area contributed by atoms with Crippen molar-refractivity contribution in [2.24, 2.45) is 0 Å². The number of nitrogens with one attached hydrogen (secondary N) is 1. The first-order valence-electron chi connectivity index (χ1n) is 8.60. The van der Waals surface area contributed by atoms with E-state index in [1.165, 1.54) is 12.4 Å². The highest BCUT2D eigenvalue weighted by Gasteiger charge is 2.15. The summed E-state index contributed by atoms with van der Waals surface area (Å²) in [6.45, 7) is -0.765. The Balaban J connectivity index is 1.64. The van der Waals surface area contributed by atoms with Crippen molar-refractivity contribution in [1.29, 1.82) is 0 Å². The Morgan fingerprint density at radius 2 is 2.03 bits per heavy atom. The van der Waals surface area contributed by atoms with Crippen LogP contribution in [0.4, 0.5) is 10.2 Å². The predicted octanol–water partition coefficient (Wildman–Crippen LogP) is 4.31. The van der Waals surface area contributed by atoms with Gasteiger partial charge < -0.3 is 10.1 Å². The predicted molar refractivity (Wildman–Crippen MR) is 110 cm³/mol. The van der Waals surface area contributed by atoms with E-state index in [-0.39, 0.29) is 17.5 Å². The third-order valence-electron chi connectivity index (χ3n) is 4.28. The van der Waals surface area contributed by atoms with Crippen LogP contribution in [0.15, 0.2) is 59.3 Å². The number of ether oxygens (including phenoxy) is 1. The number of carbonyl (C=O) groups excluding carboxylic acids is 1. The highest BCUT2D eigenvalue weighted by Crippen LogP contribution is 2.25. The number of methoxy groups -OCH3 is 1. The molecule has 0 saturated carbocycles. The number of hydrogen-bond acceptors (Lipinski definition) is 5. The van der Waals surface area contributed by atoms with E-state index >= 15 is 0 Å². The SMILES string of the molecule is COc1ccc2c(c1)nc(CF)n2-c1cnc(NC(=O)c2ccccc2Br)cn1. The smallest absolute Gasteiger partial charge is 0.258 e. The van der Waals surface area contributed by atoms with Crippen molar-refractivity contribution in [3.8, 4) is 11.6 Å². The molecule has 0 aliphatic carbocycles. The van der Waals surface area contributed by atoms with Crippen LogP contribution in [-0.2, 0) is 6.67 Å². The molecule has 2 heterocycles. The summed E-state index contributed by atoms with van der Waals surface area (Å²) in [5.41, 5.74) is 1.75. The molecule has 7 nitrogen and oxygen atoms in total. The van der Waals surface area contributed by atoms with Gasteiger partial charge in [-0.25, -0.2) is 19.3 Å². The van der Waals surface area contributed by atoms with Gasteiger partial charge in [-0.05, 0) is 40.2 Å². The molecule has 146 valence electrons. The first-order chi connectivity index (χ1) is 14.1. The van der Waals surface area contributed by atoms with Crippen molar-refractivity contribution in [3.05, 3.63) is 70.7 Å². The van der Waals surface area contributed by atoms with Crippen LogP contribution in [0.1, 0.15) is 16.2 Å². The Morgan fingerprint density at radius 1 is 1.21 bits per heavy atom. The number of nitrogens with zero attached hydrogens (tertiary/aromatic N) is 4. The monoisotopic (exact) mass is 455 g/mol. The van der Waals surface area contributed by atoms with Crippen LogP contribution in [0.3, 0.4) is 0 Å². The van der Waals surface area contributed by atoms with Gasteiger partial charge in [0.2, 0.25) is 0 Å². The fraction of sp³-hybridized carbons (Fsp3) is 0.100. The molecule has 0 bridgehead atoms. The molecule has 2 aromatic carbocycles. The van der Waals surface area contributed by atoms with Gasteiger partial charge in [-0.1, -0.05) is 12.1 Å². The van der Waals surface area contributed by atoms with Gasteiger partial charge in [-0.15, -0.1) is 0 Å². The van der Waals surface area contributed by atoms with E-state index in [0.29, 0.717) is 32.6 Å². The lowest BCUT2D eigenvalue weighted by Crippen LogP contribution is -2.14. The lowest BCUT2D eigenvalue weighted by atomic mass is 10.2. The molecule has 0 spiro atoms. The summed E-state index contributed by atoms with van der Waals surface area (Å²) in [4.78, 5) is 25.3. The number of hydrogen-bond donors (Lipinski definition) is 1. The molecule has 4 rings (SSSR count). The summed E-state index contributed by atoms with van der Waals surface area (Å²) in [7, 11) is 1.56. The van der Waals surface area contributed by atoms with Gasteiger partial charge in [0.1, 0.15) is 18.2 Å². The molecular weight excluding hydrogens is 441 g/mol. The zero-order valence-corrected chi connectivity index (χ0v) is 16.9. The van der Waals surface area contributed by atoms with Gasteiger partial charge in [0.05, 0.1) is 36.1 Å². The van der Waals surface area contributed by atoms with Crippen LogP contribution < -0.4 is 10.1 Å². The van der Waals surface area contributed by atoms with E-state index in [1.807, 2.05) is 6.07 Å². The molecule has 0 saturated heterocycles. The fourth-order valence-corrected chi connectivity index (χ4v) is 3.38. The third kappa shape index (κ3) is 3.68. The van der Waals surface area contributed by atoms with E-state index in [0.717, 1.165) is 0 Å². The highest BCUT2D eigenvalue weighted by atomic mass is 79.9. The molecule has 9 heteroatoms. The second-order valence-electron chi connectivity index (χ2n) is 6.05. The molecule has 4 aromatic rings. The van der Waals surface area contributed by atoms with Crippen LogP contribution in [0.25, 0.3) is 16.9 Å². The van der Waals surface area contributed by atoms with Gasteiger partial charge in [-0.3, -0.25) is 9.36 Å². The molecule has 0 atom stereocenters. The molecule has 1 amide bonds. The van der Waals surface area contributed by atoms with E-state index < -0.39 is 6.67 Å². The fourth-order valence-electron chi connectivity index (χ4n) is 2.91. The second kappa shape index (κ2) is 7.96. The van der Waals surface area contributed by atoms with Crippen molar-refractivity contribution < 1.29 is 13.9 Å². The number of alkyl halides is 1. The number of amides is 1. The minimum Gasteiger partial charge on any atom is -0.497 e. The molecular formula is C20H15BrFN5O2. The first-order valence-corrected chi connectivity index (χ1v) is 9.39. The number of imidazole rings is 1. The van der Waals surface area contributed by atoms with Gasteiger partial charge in [0.15, 0.2) is 11.6 Å². The van der Waals surface area contributed by atoms with Crippen molar-refractivity contribution in [1.82, 2.24) is 19.5 Å². The van der Waals surface area contributed by atoms with Crippen LogP contribution in [-0.4, -0.2) is 32.5 Å². The van der Waals surface area contributed by atoms with Crippen LogP contribution in [0, 0.1) is 0 Å². The molecule has 29 heavy (non-hydrogen) atoms. The topological polar surface area (TPSA) is 81.9 Å². The zero-order chi connectivity index (χ0) is 20.4. The number of rotatable bonds is 5. The number of halogens is 2. The maximum Gasteiger partial charge on any atom is 0.258 e. The molecule has 1 N–H and O–H groups in total. The third-order valence-corrected chi connectivity index (χ3v) is 4.97. The van der Waals surface area contributed by atoms with E-state index in [2.05, 4.69) is 36.2 Å². The van der Waals surface area contributed by atoms with E-state index in [9.17, 15) is 9.18 Å². The zero-order valence-electron chi connectivity index (χ0n) is 15.3. The number of carbonyl (C=O) groups is 1. The van der Waals surface area contributed by atoms with Crippen molar-refractivity contribution in [3.63, 3.8) is 0 Å². The van der Waals surface area contributed by atoms with Gasteiger partial charge in [0.25, 0.3) is 5.91 Å². The number of aromatic nitrogens is 4. The molecule has 2 aromatic heterocycles. The standard InChI is InChI=1S/C20H15BrFN5O2/c1-29-12-6-7-16-15(8-12)25-18(9-22)27(16)19-11-23-17(10-24-19)26-20(28)13-4-2-3-5-14(13)21/h2-8,10-11H,9H2,1H3,(H,23,26,28). The molecule has 0 unspecified atom stereocenters. The van der Waals surface area contributed by atoms with Crippen molar-refractivity contribution >= 4 is 38.7 Å². The minimum absolute atomic E-state index is 0.201.